The Hall–Kier alpha value is -12.3. The number of aromatic hydroxyl groups is 1. The van der Waals surface area contributed by atoms with E-state index in [1.807, 2.05) is 0 Å². The Bertz CT molecular complexity index is 5100. The van der Waals surface area contributed by atoms with Gasteiger partial charge in [0.2, 0.25) is 65.0 Å². The fraction of sp³-hybridized carbons (Fsp3) is 0.449. The molecular weight excluding hydrogens is 1680 g/mol. The van der Waals surface area contributed by atoms with Gasteiger partial charge in [-0.25, -0.2) is 0 Å². The van der Waals surface area contributed by atoms with Crippen LogP contribution in [-0.2, 0) is 93.8 Å². The van der Waals surface area contributed by atoms with E-state index < -0.39 is 178 Å². The van der Waals surface area contributed by atoms with Crippen LogP contribution < -0.4 is 64.6 Å². The average molecular weight is 1780 g/mol. The number of aliphatic carboxylic acids is 3. The quantitative estimate of drug-likeness (QED) is 0.00459. The number of carboxylic acids is 3. The first kappa shape index (κ1) is 97.1. The molecule has 0 spiro atoms. The first-order valence-electron chi connectivity index (χ1n) is 39.4. The van der Waals surface area contributed by atoms with Gasteiger partial charge in [0.15, 0.2) is 11.7 Å². The van der Waals surface area contributed by atoms with Crippen molar-refractivity contribution < 1.29 is 113 Å². The summed E-state index contributed by atoms with van der Waals surface area (Å²) in [5.41, 5.74) is 14.1. The van der Waals surface area contributed by atoms with Crippen molar-refractivity contribution in [1.29, 1.82) is 5.41 Å². The van der Waals surface area contributed by atoms with Crippen LogP contribution in [0.4, 0.5) is 22.7 Å². The number of nitrogens with two attached hydrogens (primary N) is 2. The van der Waals surface area contributed by atoms with Gasteiger partial charge in [0.05, 0.1) is 60.4 Å². The van der Waals surface area contributed by atoms with Gasteiger partial charge in [-0.15, -0.1) is 16.9 Å². The molecule has 3 aliphatic heterocycles. The van der Waals surface area contributed by atoms with Crippen LogP contribution in [0.5, 0.6) is 5.75 Å². The topological polar surface area (TPSA) is 663 Å². The molecule has 0 saturated carbocycles. The number of imide groups is 1. The number of hydrogen-bond acceptors (Lipinski definition) is 27. The summed E-state index contributed by atoms with van der Waals surface area (Å²) in [5, 5.41) is 80.2. The Morgan fingerprint density at radius 1 is 0.605 bits per heavy atom. The van der Waals surface area contributed by atoms with Crippen molar-refractivity contribution in [2.75, 3.05) is 108 Å². The zero-order valence-electron chi connectivity index (χ0n) is 67.7. The van der Waals surface area contributed by atoms with Crippen LogP contribution in [0.2, 0.25) is 0 Å². The van der Waals surface area contributed by atoms with E-state index in [9.17, 15) is 113 Å². The fourth-order valence-corrected chi connectivity index (χ4v) is 16.2. The van der Waals surface area contributed by atoms with Crippen LogP contribution in [0.15, 0.2) is 105 Å². The number of fused-ring (bicyclic) bond motifs is 1. The van der Waals surface area contributed by atoms with E-state index in [-0.39, 0.29) is 184 Å². The van der Waals surface area contributed by atoms with Crippen molar-refractivity contribution in [2.45, 2.75) is 136 Å². The molecule has 0 aliphatic carbocycles. The molecule has 0 aromatic heterocycles. The lowest BCUT2D eigenvalue weighted by molar-refractivity contribution is -0.141. The molecule has 3 saturated heterocycles. The van der Waals surface area contributed by atoms with Crippen LogP contribution in [-0.4, -0.2) is 288 Å². The summed E-state index contributed by atoms with van der Waals surface area (Å²) in [6.07, 6.45) is -0.588. The zero-order valence-corrected chi connectivity index (χ0v) is 70.2. The third kappa shape index (κ3) is 29.7. The normalized spacial score (nSPS) is 18.5. The van der Waals surface area contributed by atoms with Crippen LogP contribution in [0.1, 0.15) is 87.3 Å². The number of guanidine groups is 1. The minimum Gasteiger partial charge on any atom is -0.505 e. The Morgan fingerprint density at radius 3 is 1.76 bits per heavy atom. The molecule has 21 N–H and O–H groups in total. The molecular formula is C78H101N19O24S3. The second-order valence-electron chi connectivity index (χ2n) is 29.7. The largest absolute Gasteiger partial charge is 0.505 e. The van der Waals surface area contributed by atoms with Gasteiger partial charge in [0, 0.05) is 95.8 Å². The van der Waals surface area contributed by atoms with Gasteiger partial charge in [-0.1, -0.05) is 48.5 Å². The summed E-state index contributed by atoms with van der Waals surface area (Å²) in [5.74, 6) is -13.1. The lowest BCUT2D eigenvalue weighted by Crippen LogP contribution is -2.58. The number of rotatable bonds is 38. The SMILES string of the molecule is Cc1cc(-c2ccc(NC(=O)[C@@H](CCCCNC(=O)CCN3C(=O)CC(SCC(=O)NCCCC[C@H]4NC(=O)[C@H](Cc5ccccc5)NC(=O)[C@H](CC(=O)O)NC(=O)CNC(=O)[C@H](CCCNC(=N)N)NC4=O)C3=O)NC(=O)CN3CCN(CC(=O)O)CCN(CC(=O)O)CC3)c(C)c2)ccc1N=Nc1ccc2c(S(=O)(=O)O)cc(S(=O)(=O)O)c(N)c2c1O. The smallest absolute Gasteiger partial charge is 0.317 e. The number of benzene rings is 5. The molecule has 6 atom stereocenters. The van der Waals surface area contributed by atoms with Crippen molar-refractivity contribution in [3.05, 3.63) is 102 Å². The van der Waals surface area contributed by atoms with E-state index in [0.717, 1.165) is 28.8 Å². The maximum absolute atomic E-state index is 14.4. The van der Waals surface area contributed by atoms with E-state index >= 15 is 0 Å². The summed E-state index contributed by atoms with van der Waals surface area (Å²) in [6, 6.07) is 14.3. The Labute approximate surface area is 716 Å². The van der Waals surface area contributed by atoms with E-state index in [1.165, 1.54) is 0 Å². The minimum absolute atomic E-state index is 0.0352. The number of nitrogen functional groups attached to an aromatic ring is 1. The summed E-state index contributed by atoms with van der Waals surface area (Å²) < 4.78 is 68.4. The standard InChI is InChI=1S/C78H101N19O24S3/c1-44-33-47(48-17-20-51(45(2)34-48)92-93-52-21-18-49-59(123(116,117)118)38-60(124(119,120)121)70(79)69(49)71(52)109)16-19-50(44)88-73(111)54(86-63(100)40-94-27-29-95(41-67(105)106)31-32-96(30-28-94)42-68(107)108)13-6-8-23-82-61(98)22-26-97-65(102)37-58(77(97)115)122-43-64(101)83-24-9-7-14-55-74(112)89-53(15-10-25-84-78(80)81)72(110)85-39-62(99)87-57(36-66(103)104)76(114)91-56(75(113)90-55)35-46-11-4-3-5-12-46/h3-5,11-12,16-21,33-34,38,53-58,109H,6-10,13-15,22-32,35-37,39-43,79H2,1-2H3,(H,82,98)(H,83,101)(H,85,110)(H,86,100)(H,87,99)(H,88,111)(H,89,112)(H,90,113)(H,91,114)(H,103,104)(H,105,106)(H,107,108)(H4,80,81,84)(H,116,117,118)(H,119,120,121)/t53-,54+,55+,56-,57-,58?/m0/s1. The zero-order chi connectivity index (χ0) is 90.7. The Kier molecular flexibility index (Phi) is 35.8. The number of nitrogens with one attached hydrogen (secondary N) is 11. The molecule has 124 heavy (non-hydrogen) atoms. The van der Waals surface area contributed by atoms with Gasteiger partial charge in [-0.2, -0.15) is 21.9 Å². The number of anilines is 2. The van der Waals surface area contributed by atoms with Gasteiger partial charge >= 0.3 is 17.9 Å². The number of carbonyl (C=O) groups is 14. The number of hydrogen-bond donors (Lipinski definition) is 19. The monoisotopic (exact) mass is 1780 g/mol. The molecule has 0 bridgehead atoms. The van der Waals surface area contributed by atoms with E-state index in [1.54, 1.807) is 95.3 Å². The molecule has 670 valence electrons. The lowest BCUT2D eigenvalue weighted by Gasteiger charge is -2.26. The predicted octanol–water partition coefficient (Wildman–Crippen LogP) is -0.294. The Balaban J connectivity index is 0.847. The summed E-state index contributed by atoms with van der Waals surface area (Å²) >= 11 is 0.906. The summed E-state index contributed by atoms with van der Waals surface area (Å²) in [4.78, 5) is 189. The number of phenolic OH excluding ortho intramolecular Hbond substituents is 1. The molecule has 0 radical (unpaired) electrons. The third-order valence-electron chi connectivity index (χ3n) is 20.3. The number of nitrogens with zero attached hydrogens (tertiary/aromatic N) is 6. The minimum atomic E-state index is -5.16. The van der Waals surface area contributed by atoms with Crippen molar-refractivity contribution >= 4 is 154 Å². The lowest BCUT2D eigenvalue weighted by atomic mass is 10.00. The van der Waals surface area contributed by atoms with E-state index in [4.69, 9.17) is 16.9 Å². The number of phenols is 1. The van der Waals surface area contributed by atoms with Crippen molar-refractivity contribution in [1.82, 2.24) is 67.5 Å². The average Bonchev–Trinajstić information content (AvgIpc) is 0.843. The molecule has 43 nitrogen and oxygen atoms in total. The second kappa shape index (κ2) is 45.7. The molecule has 3 fully saturated rings. The second-order valence-corrected chi connectivity index (χ2v) is 33.6. The number of thioether (sulfide) groups is 1. The maximum atomic E-state index is 14.4. The van der Waals surface area contributed by atoms with Crippen molar-refractivity contribution in [3.63, 3.8) is 0 Å². The number of carbonyl (C=O) groups excluding carboxylic acids is 11. The van der Waals surface area contributed by atoms with Crippen molar-refractivity contribution in [2.24, 2.45) is 16.0 Å². The number of carboxylic acid groups (broad SMARTS) is 3. The highest BCUT2D eigenvalue weighted by Crippen LogP contribution is 2.44. The molecule has 46 heteroatoms. The molecule has 11 amide bonds. The highest BCUT2D eigenvalue weighted by Gasteiger charge is 2.40. The number of likely N-dealkylation sites (tertiary alicyclic amines) is 1. The highest BCUT2D eigenvalue weighted by molar-refractivity contribution is 8.01. The number of aryl methyl sites for hydroxylation is 2. The van der Waals surface area contributed by atoms with Crippen LogP contribution >= 0.6 is 11.8 Å². The number of amides is 11. The first-order valence-corrected chi connectivity index (χ1v) is 43.3. The summed E-state index contributed by atoms with van der Waals surface area (Å²) in [7, 11) is -10.3. The number of azo groups is 1. The predicted molar refractivity (Wildman–Crippen MR) is 449 cm³/mol. The first-order chi connectivity index (χ1) is 58.7. The molecule has 5 aromatic rings. The maximum Gasteiger partial charge on any atom is 0.317 e. The van der Waals surface area contributed by atoms with Gasteiger partial charge in [-0.05, 0) is 129 Å². The third-order valence-corrected chi connectivity index (χ3v) is 23.3. The van der Waals surface area contributed by atoms with Crippen LogP contribution in [0, 0.1) is 19.3 Å². The van der Waals surface area contributed by atoms with Crippen LogP contribution in [0.3, 0.4) is 0 Å². The molecule has 3 aliphatic rings. The van der Waals surface area contributed by atoms with Gasteiger partial charge in [0.1, 0.15) is 45.7 Å². The molecule has 5 aromatic carbocycles. The van der Waals surface area contributed by atoms with E-state index in [2.05, 4.69) is 63.4 Å². The molecule has 3 heterocycles. The van der Waals surface area contributed by atoms with Crippen LogP contribution in [0.25, 0.3) is 21.9 Å². The molecule has 8 rings (SSSR count). The van der Waals surface area contributed by atoms with E-state index in [0.29, 0.717) is 39.6 Å². The van der Waals surface area contributed by atoms with Gasteiger partial charge in [-0.3, -0.25) is 101 Å². The fourth-order valence-electron chi connectivity index (χ4n) is 13.8. The van der Waals surface area contributed by atoms with Gasteiger partial charge < -0.3 is 85.1 Å². The Morgan fingerprint density at radius 2 is 1.15 bits per heavy atom. The number of unbranched alkanes of at least 4 members (excludes halogenated alkanes) is 2. The highest BCUT2D eigenvalue weighted by atomic mass is 32.2. The molecule has 1 unspecified atom stereocenters. The summed E-state index contributed by atoms with van der Waals surface area (Å²) in [6.45, 7) is 3.11. The van der Waals surface area contributed by atoms with Gasteiger partial charge in [0.25, 0.3) is 20.2 Å². The van der Waals surface area contributed by atoms with Crippen molar-refractivity contribution in [3.8, 4) is 16.9 Å².